The van der Waals surface area contributed by atoms with Gasteiger partial charge in [0.1, 0.15) is 52.8 Å². The topological polar surface area (TPSA) is 342 Å². The number of anilines is 2. The van der Waals surface area contributed by atoms with Gasteiger partial charge in [-0.15, -0.1) is 0 Å². The predicted octanol–water partition coefficient (Wildman–Crippen LogP) is 7.24. The lowest BCUT2D eigenvalue weighted by Crippen LogP contribution is -2.61. The summed E-state index contributed by atoms with van der Waals surface area (Å²) in [5, 5.41) is 23.8. The van der Waals surface area contributed by atoms with Crippen LogP contribution in [0.1, 0.15) is 154 Å². The molecule has 106 heavy (non-hydrogen) atoms. The lowest BCUT2D eigenvalue weighted by atomic mass is 9.46. The molecule has 0 spiro atoms. The number of carbonyl (C=O) groups excluding carboxylic acids is 6. The summed E-state index contributed by atoms with van der Waals surface area (Å²) in [6, 6.07) is 1.15. The molecule has 8 aliphatic rings. The Balaban J connectivity index is 0.692. The Morgan fingerprint density at radius 2 is 1.17 bits per heavy atom. The number of ketones is 2. The van der Waals surface area contributed by atoms with Gasteiger partial charge in [-0.2, -0.15) is 0 Å². The van der Waals surface area contributed by atoms with Crippen molar-refractivity contribution < 1.29 is 93.9 Å². The minimum atomic E-state index is -1.99. The minimum absolute atomic E-state index is 0.0440. The molecule has 9 atom stereocenters. The molecule has 2 N–H and O–H groups in total. The highest BCUT2D eigenvalue weighted by atomic mass is 19.1. The van der Waals surface area contributed by atoms with E-state index in [2.05, 4.69) is 9.80 Å². The van der Waals surface area contributed by atoms with Crippen molar-refractivity contribution in [2.75, 3.05) is 83.1 Å². The van der Waals surface area contributed by atoms with Crippen LogP contribution in [0.3, 0.4) is 0 Å². The van der Waals surface area contributed by atoms with Gasteiger partial charge in [-0.3, -0.25) is 38.6 Å². The molecule has 2 saturated heterocycles. The van der Waals surface area contributed by atoms with Gasteiger partial charge in [-0.05, 0) is 122 Å². The SMILES string of the molecule is COc1c(N2CCN(Cc3oc(=O)oc3C)C(C)C2)c(F)cc2c(=O)c(C(=O)OCC(COC(=O)c3cn(C4CC4)c4c(OC)c(N5CCN(Cc6oc(=O)oc6C)C(C)C5)c(F)cc4c3=O)OC(=O)CCC(=O)OCC(=O)[C@]3(O)CC[C@@H]4[C@H]5CCC6=CC(=O)C=C[C@@]6(C)C5[C@H](O)C[C@]43C)cn(C3CC3)c12. The third kappa shape index (κ3) is 13.3. The number of aromatic nitrogens is 2. The number of hydrogen-bond acceptors (Lipinski definition) is 26. The molecule has 2 aromatic carbocycles. The van der Waals surface area contributed by atoms with Gasteiger partial charge in [-0.25, -0.2) is 28.0 Å². The van der Waals surface area contributed by atoms with E-state index >= 15 is 8.78 Å². The van der Waals surface area contributed by atoms with Crippen LogP contribution >= 0.6 is 0 Å². The first-order valence-electron chi connectivity index (χ1n) is 36.2. The van der Waals surface area contributed by atoms with E-state index in [1.54, 1.807) is 45.8 Å². The highest BCUT2D eigenvalue weighted by Crippen LogP contribution is 2.67. The molecule has 14 rings (SSSR count). The number of rotatable bonds is 23. The minimum Gasteiger partial charge on any atom is -0.492 e. The van der Waals surface area contributed by atoms with Crippen LogP contribution < -0.4 is 41.8 Å². The highest BCUT2D eigenvalue weighted by molar-refractivity contribution is 6.02. The number of ether oxygens (including phenoxy) is 6. The second-order valence-electron chi connectivity index (χ2n) is 30.2. The maximum atomic E-state index is 16.8. The molecule has 0 radical (unpaired) electrons. The number of benzene rings is 2. The van der Waals surface area contributed by atoms with Crippen molar-refractivity contribution in [3.05, 3.63) is 136 Å². The predicted molar refractivity (Wildman–Crippen MR) is 373 cm³/mol. The second-order valence-corrected chi connectivity index (χ2v) is 30.2. The molecule has 6 aliphatic carbocycles. The van der Waals surface area contributed by atoms with Crippen LogP contribution in [0.15, 0.2) is 85.2 Å². The van der Waals surface area contributed by atoms with E-state index in [9.17, 15) is 58.2 Å². The first-order chi connectivity index (χ1) is 50.5. The van der Waals surface area contributed by atoms with E-state index in [0.29, 0.717) is 107 Å². The molecular weight excluding hydrogens is 1390 g/mol. The van der Waals surface area contributed by atoms with Crippen LogP contribution in [0.5, 0.6) is 11.5 Å². The Labute approximate surface area is 605 Å². The largest absolute Gasteiger partial charge is 0.519 e. The molecule has 30 heteroatoms. The zero-order chi connectivity index (χ0) is 75.3. The molecule has 6 heterocycles. The first-order valence-corrected chi connectivity index (χ1v) is 36.2. The van der Waals surface area contributed by atoms with Crippen molar-refractivity contribution in [2.45, 2.75) is 167 Å². The van der Waals surface area contributed by atoms with Gasteiger partial charge in [0.25, 0.3) is 0 Å². The third-order valence-corrected chi connectivity index (χ3v) is 23.8. The van der Waals surface area contributed by atoms with Crippen LogP contribution in [0.25, 0.3) is 21.8 Å². The highest BCUT2D eigenvalue weighted by Gasteiger charge is 2.68. The molecular formula is C76H86F2N6O22. The number of aryl methyl sites for hydroxylation is 2. The molecule has 28 nitrogen and oxygen atoms in total. The lowest BCUT2D eigenvalue weighted by molar-refractivity contribution is -0.181. The molecule has 6 aromatic rings. The van der Waals surface area contributed by atoms with Crippen LogP contribution in [0.4, 0.5) is 20.2 Å². The van der Waals surface area contributed by atoms with Gasteiger partial charge in [0.05, 0.1) is 68.1 Å². The van der Waals surface area contributed by atoms with Crippen molar-refractivity contribution in [1.82, 2.24) is 18.9 Å². The molecule has 0 bridgehead atoms. The Hall–Kier alpha value is -9.52. The van der Waals surface area contributed by atoms with E-state index in [4.69, 9.17) is 46.1 Å². The van der Waals surface area contributed by atoms with Crippen LogP contribution in [-0.4, -0.2) is 168 Å². The van der Waals surface area contributed by atoms with E-state index < -0.39 is 136 Å². The van der Waals surface area contributed by atoms with E-state index in [0.717, 1.165) is 17.7 Å². The summed E-state index contributed by atoms with van der Waals surface area (Å²) in [5.74, 6) is -7.85. The van der Waals surface area contributed by atoms with Crippen molar-refractivity contribution in [2.24, 2.45) is 28.6 Å². The molecule has 2 aliphatic heterocycles. The standard InChI is InChI=1S/C76H86F2N6O22/c1-38-29-81(23-21-79(38)33-56-40(3)102-72(94)105-56)64-53(77)26-48-62(68(64)97-7)83(43-10-11-43)31-50(66(48)90)70(92)100-35-46(104-60(89)16-15-59(88)99-37-58(87)76(96)20-18-52-47-14-9-42-25-45(85)17-19-74(42,5)61(47)55(86)28-75(52,76)6)36-101-71(93)51-32-84(44-12-13-44)63-49(67(51)91)27-54(78)65(69(63)98-8)82-24-22-80(39(2)30-82)34-57-41(4)103-73(95)106-57/h17,19,25-27,31-32,38-39,43-44,46-47,52,55,61,86,96H,9-16,18,20-24,28-30,33-37H2,1-8H3/t38?,39?,46?,47-,52-,55-,61?,74-,75-,76-/m1/s1. The average Bonchev–Trinajstić information content (AvgIpc) is 1.46. The summed E-state index contributed by atoms with van der Waals surface area (Å²) < 4.78 is 92.1. The van der Waals surface area contributed by atoms with Gasteiger partial charge < -0.3 is 75.2 Å². The monoisotopic (exact) mass is 1470 g/mol. The number of allylic oxidation sites excluding steroid dienone is 4. The van der Waals surface area contributed by atoms with Gasteiger partial charge in [0.15, 0.2) is 53.1 Å². The second kappa shape index (κ2) is 28.3. The molecule has 566 valence electrons. The Morgan fingerprint density at radius 3 is 1.63 bits per heavy atom. The number of pyridine rings is 2. The quantitative estimate of drug-likeness (QED) is 0.0471. The number of hydrogen-bond donors (Lipinski definition) is 2. The Kier molecular flexibility index (Phi) is 19.6. The normalized spacial score (nSPS) is 26.3. The first kappa shape index (κ1) is 73.4. The molecule has 3 unspecified atom stereocenters. The fourth-order valence-corrected chi connectivity index (χ4v) is 17.9. The van der Waals surface area contributed by atoms with Crippen molar-refractivity contribution in [3.63, 3.8) is 0 Å². The maximum Gasteiger partial charge on any atom is 0.519 e. The van der Waals surface area contributed by atoms with Gasteiger partial charge in [0, 0.05) is 92.6 Å². The summed E-state index contributed by atoms with van der Waals surface area (Å²) in [4.78, 5) is 143. The van der Waals surface area contributed by atoms with Crippen molar-refractivity contribution in [1.29, 1.82) is 0 Å². The number of nitrogens with zero attached hydrogens (tertiary/aromatic N) is 6. The van der Waals surface area contributed by atoms with E-state index in [1.165, 1.54) is 32.7 Å². The number of esters is 4. The van der Waals surface area contributed by atoms with Gasteiger partial charge >= 0.3 is 35.5 Å². The lowest BCUT2D eigenvalue weighted by Gasteiger charge is -2.59. The molecule has 4 aromatic heterocycles. The number of halogens is 2. The Bertz CT molecular complexity index is 4680. The van der Waals surface area contributed by atoms with E-state index in [-0.39, 0.29) is 118 Å². The van der Waals surface area contributed by atoms with Crippen LogP contribution in [0, 0.1) is 54.1 Å². The van der Waals surface area contributed by atoms with Crippen molar-refractivity contribution >= 4 is 68.6 Å². The number of aliphatic hydroxyl groups is 2. The molecule has 5 saturated carbocycles. The van der Waals surface area contributed by atoms with Crippen LogP contribution in [0.2, 0.25) is 0 Å². The smallest absolute Gasteiger partial charge is 0.492 e. The zero-order valence-electron chi connectivity index (χ0n) is 60.3. The summed E-state index contributed by atoms with van der Waals surface area (Å²) in [5.41, 5.74) is -5.09. The van der Waals surface area contributed by atoms with Crippen molar-refractivity contribution in [3.8, 4) is 11.5 Å². The summed E-state index contributed by atoms with van der Waals surface area (Å²) in [6.45, 7) is 10.8. The number of piperazine rings is 2. The van der Waals surface area contributed by atoms with E-state index in [1.807, 2.05) is 26.8 Å². The van der Waals surface area contributed by atoms with Crippen LogP contribution in [-0.2, 0) is 51.2 Å². The Morgan fingerprint density at radius 1 is 0.670 bits per heavy atom. The summed E-state index contributed by atoms with van der Waals surface area (Å²) in [7, 11) is 2.69. The fourth-order valence-electron chi connectivity index (χ4n) is 17.9. The zero-order valence-corrected chi connectivity index (χ0v) is 60.3. The fraction of sp³-hybridized carbons (Fsp3) is 0.553. The number of carbonyl (C=O) groups is 6. The van der Waals surface area contributed by atoms with Gasteiger partial charge in [-0.1, -0.05) is 25.5 Å². The number of Topliss-reactive ketones (excluding diaryl/α,β-unsaturated/α-hetero) is 1. The third-order valence-electron chi connectivity index (χ3n) is 23.8. The number of aliphatic hydroxyl groups excluding tert-OH is 1. The maximum absolute atomic E-state index is 16.8. The van der Waals surface area contributed by atoms with Gasteiger partial charge in [0.2, 0.25) is 16.6 Å². The molecule has 7 fully saturated rings. The summed E-state index contributed by atoms with van der Waals surface area (Å²) >= 11 is 0. The average molecular weight is 1470 g/mol. The summed E-state index contributed by atoms with van der Waals surface area (Å²) in [6.07, 6.45) is 7.86. The number of fused-ring (bicyclic) bond motifs is 7. The number of methoxy groups -OCH3 is 2. The molecule has 0 amide bonds.